The van der Waals surface area contributed by atoms with Crippen molar-refractivity contribution >= 4 is 10.6 Å². The number of hydrogen-bond donors (Lipinski definition) is 0. The maximum atomic E-state index is 8.83. The van der Waals surface area contributed by atoms with Gasteiger partial charge in [-0.15, -0.1) is 0 Å². The van der Waals surface area contributed by atoms with Crippen LogP contribution in [0.25, 0.3) is 0 Å². The topological polar surface area (TPSA) is 68.5 Å². The van der Waals surface area contributed by atoms with E-state index in [1.165, 1.54) is 0 Å². The molecule has 0 aliphatic heterocycles. The Bertz CT molecular complexity index is 107. The molecular formula is O4S. The zero-order valence-corrected chi connectivity index (χ0v) is 2.86. The molecule has 0 fully saturated rings. The lowest BCUT2D eigenvalue weighted by molar-refractivity contribution is -0.737. The van der Waals surface area contributed by atoms with E-state index in [9.17, 15) is 0 Å². The molecule has 5 heteroatoms. The van der Waals surface area contributed by atoms with Gasteiger partial charge in [-0.3, -0.25) is 0 Å². The lowest BCUT2D eigenvalue weighted by Crippen LogP contribution is -1.91. The predicted molar refractivity (Wildman–Crippen MR) is 9.61 cm³/mol. The Balaban J connectivity index is 4.25. The van der Waals surface area contributed by atoms with Gasteiger partial charge in [0.1, 0.15) is 0 Å². The van der Waals surface area contributed by atoms with Crippen molar-refractivity contribution in [3.8, 4) is 0 Å². The zero-order valence-electron chi connectivity index (χ0n) is 2.04. The lowest BCUT2D eigenvalue weighted by atomic mass is 15.0. The van der Waals surface area contributed by atoms with Gasteiger partial charge in [0.15, 0.2) is 0 Å². The Morgan fingerprint density at radius 3 is 1.80 bits per heavy atom. The van der Waals surface area contributed by atoms with E-state index in [2.05, 4.69) is 3.99 Å². The summed E-state index contributed by atoms with van der Waals surface area (Å²) in [5, 5.41) is 8.52. The number of rotatable bonds is 0. The molecule has 30 valence electrons. The molecule has 0 aromatic rings. The van der Waals surface area contributed by atoms with Crippen molar-refractivity contribution < 1.29 is 17.7 Å². The van der Waals surface area contributed by atoms with Crippen molar-refractivity contribution in [1.29, 1.82) is 0 Å². The van der Waals surface area contributed by atoms with Crippen LogP contribution in [0, 0.1) is 0 Å². The van der Waals surface area contributed by atoms with Gasteiger partial charge in [-0.1, -0.05) is 12.4 Å². The first-order valence-corrected chi connectivity index (χ1v) is 1.67. The van der Waals surface area contributed by atoms with Crippen LogP contribution in [0.15, 0.2) is 0 Å². The third-order valence-corrected chi connectivity index (χ3v) is 0.167. The van der Waals surface area contributed by atoms with Gasteiger partial charge in [0.25, 0.3) is 0 Å². The molecule has 0 aliphatic rings. The molecule has 0 amide bonds. The molecule has 0 saturated carbocycles. The van der Waals surface area contributed by atoms with E-state index in [1.54, 1.807) is 0 Å². The highest BCUT2D eigenvalue weighted by Crippen LogP contribution is 1.20. The summed E-state index contributed by atoms with van der Waals surface area (Å²) >= 11 is 0. The summed E-state index contributed by atoms with van der Waals surface area (Å²) in [7, 11) is -2.88. The fourth-order valence-corrected chi connectivity index (χ4v) is 0. The molecule has 0 rings (SSSR count). The fourth-order valence-electron chi connectivity index (χ4n) is 0. The third-order valence-electron chi connectivity index (χ3n) is 0.0556. The molecule has 0 heterocycles. The smallest absolute Gasteiger partial charge is 0.354 e. The highest BCUT2D eigenvalue weighted by atomic mass is 32.2. The summed E-state index contributed by atoms with van der Waals surface area (Å²) in [5.41, 5.74) is 0. The molecule has 0 N–H and O–H groups in total. The normalized spacial score (nSPS) is 6.60. The molecule has 0 bridgehead atoms. The molecule has 0 aromatic heterocycles. The highest BCUT2D eigenvalue weighted by Gasteiger charge is 1.63. The highest BCUT2D eigenvalue weighted by molar-refractivity contribution is 7.59. The Morgan fingerprint density at radius 2 is 1.80 bits per heavy atom. The van der Waals surface area contributed by atoms with Crippen LogP contribution in [0.2, 0.25) is 0 Å². The molecule has 0 saturated heterocycles. The standard InChI is InChI=1S/O4S/c1-4-5(2)3. The Morgan fingerprint density at radius 1 is 1.60 bits per heavy atom. The molecule has 0 unspecified atom stereocenters. The summed E-state index contributed by atoms with van der Waals surface area (Å²) in [6.45, 7) is 0. The van der Waals surface area contributed by atoms with Crippen LogP contribution in [0.3, 0.4) is 0 Å². The van der Waals surface area contributed by atoms with Crippen molar-refractivity contribution in [1.82, 2.24) is 0 Å². The van der Waals surface area contributed by atoms with E-state index >= 15 is 0 Å². The van der Waals surface area contributed by atoms with Gasteiger partial charge in [0, 0.05) is 0 Å². The molecule has 0 aromatic carbocycles. The van der Waals surface area contributed by atoms with Gasteiger partial charge in [0.2, 0.25) is 0 Å². The summed E-state index contributed by atoms with van der Waals surface area (Å²) in [4.78, 5) is 0. The Kier molecular flexibility index (Phi) is 1.70. The van der Waals surface area contributed by atoms with E-state index in [4.69, 9.17) is 13.7 Å². The average molecular weight is 96.1 g/mol. The summed E-state index contributed by atoms with van der Waals surface area (Å²) in [6, 6.07) is 0. The van der Waals surface area contributed by atoms with Crippen LogP contribution in [0.5, 0.6) is 0 Å². The van der Waals surface area contributed by atoms with Crippen LogP contribution in [-0.2, 0) is 14.6 Å². The average Bonchev–Trinajstić information content (AvgIpc) is 1.38. The largest absolute Gasteiger partial charge is 0.638 e. The van der Waals surface area contributed by atoms with Crippen molar-refractivity contribution in [3.05, 3.63) is 0 Å². The first kappa shape index (κ1) is 4.58. The quantitative estimate of drug-likeness (QED) is 0.199. The monoisotopic (exact) mass is 96.0 g/mol. The molecular weight excluding hydrogens is 96.1 g/mol. The molecule has 0 atom stereocenters. The second kappa shape index (κ2) is 1.86. The van der Waals surface area contributed by atoms with E-state index in [0.717, 1.165) is 0 Å². The van der Waals surface area contributed by atoms with E-state index < -0.39 is 10.6 Å². The Hall–Kier alpha value is -0.420. The summed E-state index contributed by atoms with van der Waals surface area (Å²) < 4.78 is 20.1. The van der Waals surface area contributed by atoms with Gasteiger partial charge >= 0.3 is 10.6 Å². The van der Waals surface area contributed by atoms with Crippen LogP contribution in [-0.4, -0.2) is 8.42 Å². The van der Waals surface area contributed by atoms with Crippen molar-refractivity contribution in [2.75, 3.05) is 0 Å². The molecule has 0 spiro atoms. The second-order valence-corrected chi connectivity index (χ2v) is 0.816. The molecule has 0 aliphatic carbocycles. The van der Waals surface area contributed by atoms with Gasteiger partial charge < -0.3 is 5.26 Å². The summed E-state index contributed by atoms with van der Waals surface area (Å²) in [6.07, 6.45) is 0. The van der Waals surface area contributed by atoms with Gasteiger partial charge in [0.05, 0.1) is 0 Å². The minimum absolute atomic E-state index is 2.42. The van der Waals surface area contributed by atoms with Gasteiger partial charge in [-0.2, -0.15) is 0 Å². The van der Waals surface area contributed by atoms with Crippen molar-refractivity contribution in [2.24, 2.45) is 0 Å². The van der Waals surface area contributed by atoms with Crippen LogP contribution >= 0.6 is 0 Å². The molecule has 5 heavy (non-hydrogen) atoms. The zero-order chi connectivity index (χ0) is 4.28. The van der Waals surface area contributed by atoms with Gasteiger partial charge in [-0.25, -0.2) is 0 Å². The SMILES string of the molecule is O=S(=O)=[O+][O-]. The van der Waals surface area contributed by atoms with E-state index in [1.807, 2.05) is 0 Å². The minimum atomic E-state index is -2.88. The molecule has 4 nitrogen and oxygen atoms in total. The van der Waals surface area contributed by atoms with Crippen molar-refractivity contribution in [3.63, 3.8) is 0 Å². The summed E-state index contributed by atoms with van der Waals surface area (Å²) in [5.74, 6) is 0. The van der Waals surface area contributed by atoms with E-state index in [0.29, 0.717) is 0 Å². The lowest BCUT2D eigenvalue weighted by Gasteiger charge is -1.42. The minimum Gasteiger partial charge on any atom is -0.354 e. The van der Waals surface area contributed by atoms with Crippen LogP contribution in [0.1, 0.15) is 0 Å². The van der Waals surface area contributed by atoms with Gasteiger partial charge in [-0.05, 0) is 0 Å². The first-order valence-electron chi connectivity index (χ1n) is 0.667. The second-order valence-electron chi connectivity index (χ2n) is 0.272. The number of hydrogen-bond acceptors (Lipinski definition) is 3. The predicted octanol–water partition coefficient (Wildman–Crippen LogP) is -1.98. The maximum Gasteiger partial charge on any atom is 0.638 e. The van der Waals surface area contributed by atoms with Crippen LogP contribution in [0.4, 0.5) is 0 Å². The van der Waals surface area contributed by atoms with E-state index in [-0.39, 0.29) is 0 Å². The van der Waals surface area contributed by atoms with Crippen molar-refractivity contribution in [2.45, 2.75) is 0 Å². The Labute approximate surface area is 29.4 Å². The fraction of sp³-hybridized carbons (Fsp3) is 0. The molecule has 0 radical (unpaired) electrons. The third kappa shape index (κ3) is 3.58. The van der Waals surface area contributed by atoms with Crippen LogP contribution < -0.4 is 5.26 Å². The first-order chi connectivity index (χ1) is 2.27. The maximum absolute atomic E-state index is 8.83.